The summed E-state index contributed by atoms with van der Waals surface area (Å²) in [7, 11) is 0. The molecular formula is C22H27N7O3S. The van der Waals surface area contributed by atoms with Crippen molar-refractivity contribution in [2.24, 2.45) is 0 Å². The summed E-state index contributed by atoms with van der Waals surface area (Å²) in [6, 6.07) is 3.82. The number of aromatic nitrogens is 4. The monoisotopic (exact) mass is 469 g/mol. The Kier molecular flexibility index (Phi) is 6.99. The van der Waals surface area contributed by atoms with Gasteiger partial charge in [-0.2, -0.15) is 9.97 Å². The second-order valence-electron chi connectivity index (χ2n) is 7.91. The Morgan fingerprint density at radius 2 is 2.18 bits per heavy atom. The molecule has 3 aromatic heterocycles. The van der Waals surface area contributed by atoms with Crippen LogP contribution in [-0.4, -0.2) is 55.3 Å². The van der Waals surface area contributed by atoms with Crippen LogP contribution in [-0.2, 0) is 13.0 Å². The molecule has 0 saturated carbocycles. The van der Waals surface area contributed by atoms with Crippen LogP contribution in [0.5, 0.6) is 0 Å². The largest absolute Gasteiger partial charge is 0.477 e. The molecule has 0 aliphatic carbocycles. The van der Waals surface area contributed by atoms with E-state index >= 15 is 0 Å². The van der Waals surface area contributed by atoms with E-state index in [0.717, 1.165) is 54.1 Å². The number of nitrogens with one attached hydrogen (secondary N) is 2. The van der Waals surface area contributed by atoms with Gasteiger partial charge in [0.25, 0.3) is 0 Å². The second kappa shape index (κ2) is 10.1. The maximum Gasteiger partial charge on any atom is 0.347 e. The smallest absolute Gasteiger partial charge is 0.347 e. The van der Waals surface area contributed by atoms with Crippen molar-refractivity contribution in [3.05, 3.63) is 46.2 Å². The first kappa shape index (κ1) is 22.9. The SMILES string of the molecule is CCCC(CO)Nc1nc(Nc2nc(C)c(C(=O)O)s2)nc2c1CCN2Cc1cccnc1. The van der Waals surface area contributed by atoms with Crippen molar-refractivity contribution in [2.45, 2.75) is 45.7 Å². The van der Waals surface area contributed by atoms with Crippen molar-refractivity contribution in [3.8, 4) is 0 Å². The minimum Gasteiger partial charge on any atom is -0.477 e. The van der Waals surface area contributed by atoms with Crippen LogP contribution in [0.2, 0.25) is 0 Å². The molecule has 1 atom stereocenters. The number of pyridine rings is 1. The number of hydrogen-bond donors (Lipinski definition) is 4. The lowest BCUT2D eigenvalue weighted by atomic mass is 10.1. The first-order valence-corrected chi connectivity index (χ1v) is 11.7. The molecule has 4 rings (SSSR count). The first-order chi connectivity index (χ1) is 16.0. The molecule has 0 radical (unpaired) electrons. The minimum atomic E-state index is -1.01. The Hall–Kier alpha value is -3.31. The van der Waals surface area contributed by atoms with Crippen molar-refractivity contribution in [3.63, 3.8) is 0 Å². The van der Waals surface area contributed by atoms with E-state index in [4.69, 9.17) is 4.98 Å². The lowest BCUT2D eigenvalue weighted by Gasteiger charge is -2.21. The molecule has 1 aliphatic heterocycles. The first-order valence-electron chi connectivity index (χ1n) is 10.9. The summed E-state index contributed by atoms with van der Waals surface area (Å²) >= 11 is 1.05. The van der Waals surface area contributed by atoms with Crippen LogP contribution >= 0.6 is 11.3 Å². The van der Waals surface area contributed by atoms with Crippen LogP contribution in [0.15, 0.2) is 24.5 Å². The molecule has 4 N–H and O–H groups in total. The van der Waals surface area contributed by atoms with Crippen molar-refractivity contribution >= 4 is 40.0 Å². The van der Waals surface area contributed by atoms with Gasteiger partial charge in [0.15, 0.2) is 5.13 Å². The molecule has 11 heteroatoms. The number of anilines is 4. The standard InChI is InChI=1S/C22H27N7O3S/c1-3-5-15(12-30)25-18-16-7-9-29(11-14-6-4-8-23-10-14)19(16)27-21(26-18)28-22-24-13(2)17(33-22)20(31)32/h4,6,8,10,15,30H,3,5,7,9,11-12H2,1-2H3,(H,31,32)(H2,24,25,26,27,28). The quantitative estimate of drug-likeness (QED) is 0.350. The molecule has 4 heterocycles. The lowest BCUT2D eigenvalue weighted by molar-refractivity contribution is 0.0701. The van der Waals surface area contributed by atoms with Crippen molar-refractivity contribution in [2.75, 3.05) is 28.7 Å². The van der Waals surface area contributed by atoms with E-state index in [2.05, 4.69) is 37.4 Å². The van der Waals surface area contributed by atoms with Gasteiger partial charge in [0.2, 0.25) is 5.95 Å². The van der Waals surface area contributed by atoms with Gasteiger partial charge in [0.1, 0.15) is 16.5 Å². The van der Waals surface area contributed by atoms with Crippen LogP contribution < -0.4 is 15.5 Å². The summed E-state index contributed by atoms with van der Waals surface area (Å²) < 4.78 is 0. The van der Waals surface area contributed by atoms with Gasteiger partial charge >= 0.3 is 5.97 Å². The summed E-state index contributed by atoms with van der Waals surface area (Å²) in [5.74, 6) is 0.797. The van der Waals surface area contributed by atoms with Gasteiger partial charge in [0, 0.05) is 31.0 Å². The van der Waals surface area contributed by atoms with Gasteiger partial charge in [-0.05, 0) is 31.4 Å². The fraction of sp³-hybridized carbons (Fsp3) is 0.409. The predicted octanol–water partition coefficient (Wildman–Crippen LogP) is 3.21. The summed E-state index contributed by atoms with van der Waals surface area (Å²) in [5, 5.41) is 26.0. The summed E-state index contributed by atoms with van der Waals surface area (Å²) in [6.07, 6.45) is 6.11. The average molecular weight is 470 g/mol. The zero-order chi connectivity index (χ0) is 23.4. The molecule has 0 fully saturated rings. The Morgan fingerprint density at radius 1 is 1.33 bits per heavy atom. The van der Waals surface area contributed by atoms with E-state index in [0.29, 0.717) is 29.1 Å². The van der Waals surface area contributed by atoms with E-state index in [1.165, 1.54) is 0 Å². The zero-order valence-corrected chi connectivity index (χ0v) is 19.4. The molecule has 1 aliphatic rings. The number of aromatic carboxylic acids is 1. The number of aliphatic hydroxyl groups is 1. The Bertz CT molecular complexity index is 1120. The topological polar surface area (TPSA) is 136 Å². The third-order valence-electron chi connectivity index (χ3n) is 5.42. The van der Waals surface area contributed by atoms with E-state index in [1.807, 2.05) is 18.3 Å². The Morgan fingerprint density at radius 3 is 2.85 bits per heavy atom. The van der Waals surface area contributed by atoms with Gasteiger partial charge in [0.05, 0.1) is 18.3 Å². The predicted molar refractivity (Wildman–Crippen MR) is 128 cm³/mol. The molecule has 0 saturated heterocycles. The van der Waals surface area contributed by atoms with E-state index < -0.39 is 5.97 Å². The van der Waals surface area contributed by atoms with E-state index in [9.17, 15) is 15.0 Å². The number of thiazole rings is 1. The number of aliphatic hydroxyl groups excluding tert-OH is 1. The van der Waals surface area contributed by atoms with Crippen molar-refractivity contribution in [1.29, 1.82) is 0 Å². The fourth-order valence-electron chi connectivity index (χ4n) is 3.85. The number of nitrogens with zero attached hydrogens (tertiary/aromatic N) is 5. The highest BCUT2D eigenvalue weighted by molar-refractivity contribution is 7.17. The number of hydrogen-bond acceptors (Lipinski definition) is 10. The summed E-state index contributed by atoms with van der Waals surface area (Å²) in [6.45, 7) is 5.18. The molecule has 1 unspecified atom stereocenters. The van der Waals surface area contributed by atoms with Gasteiger partial charge in [-0.25, -0.2) is 9.78 Å². The molecule has 3 aromatic rings. The van der Waals surface area contributed by atoms with Crippen LogP contribution in [0.3, 0.4) is 0 Å². The summed E-state index contributed by atoms with van der Waals surface area (Å²) in [5.41, 5.74) is 2.52. The molecule has 10 nitrogen and oxygen atoms in total. The highest BCUT2D eigenvalue weighted by Crippen LogP contribution is 2.35. The van der Waals surface area contributed by atoms with Gasteiger partial charge in [-0.15, -0.1) is 0 Å². The van der Waals surface area contributed by atoms with Crippen molar-refractivity contribution < 1.29 is 15.0 Å². The third kappa shape index (κ3) is 5.20. The molecular weight excluding hydrogens is 442 g/mol. The molecule has 0 amide bonds. The van der Waals surface area contributed by atoms with Gasteiger partial charge in [-0.3, -0.25) is 10.3 Å². The molecule has 0 spiro atoms. The Balaban J connectivity index is 1.68. The average Bonchev–Trinajstić information content (AvgIpc) is 3.37. The maximum absolute atomic E-state index is 11.4. The van der Waals surface area contributed by atoms with E-state index in [1.54, 1.807) is 13.1 Å². The molecule has 174 valence electrons. The summed E-state index contributed by atoms with van der Waals surface area (Å²) in [4.78, 5) is 31.7. The van der Waals surface area contributed by atoms with E-state index in [-0.39, 0.29) is 17.5 Å². The second-order valence-corrected chi connectivity index (χ2v) is 8.91. The number of carboxylic acid groups (broad SMARTS) is 1. The number of rotatable bonds is 10. The van der Waals surface area contributed by atoms with Gasteiger partial charge in [-0.1, -0.05) is 30.7 Å². The highest BCUT2D eigenvalue weighted by Gasteiger charge is 2.27. The third-order valence-corrected chi connectivity index (χ3v) is 6.48. The molecule has 0 bridgehead atoms. The Labute approximate surface area is 195 Å². The number of carbonyl (C=O) groups is 1. The zero-order valence-electron chi connectivity index (χ0n) is 18.6. The number of aryl methyl sites for hydroxylation is 1. The van der Waals surface area contributed by atoms with Crippen LogP contribution in [0.1, 0.15) is 46.3 Å². The molecule has 33 heavy (non-hydrogen) atoms. The van der Waals surface area contributed by atoms with Crippen LogP contribution in [0, 0.1) is 6.92 Å². The normalized spacial score (nSPS) is 13.6. The lowest BCUT2D eigenvalue weighted by Crippen LogP contribution is -2.25. The van der Waals surface area contributed by atoms with Gasteiger partial charge < -0.3 is 20.4 Å². The fourth-order valence-corrected chi connectivity index (χ4v) is 4.65. The maximum atomic E-state index is 11.4. The van der Waals surface area contributed by atoms with Crippen LogP contribution in [0.4, 0.5) is 22.7 Å². The molecule has 0 aromatic carbocycles. The number of fused-ring (bicyclic) bond motifs is 1. The van der Waals surface area contributed by atoms with Crippen molar-refractivity contribution in [1.82, 2.24) is 19.9 Å². The highest BCUT2D eigenvalue weighted by atomic mass is 32.1. The van der Waals surface area contributed by atoms with Crippen LogP contribution in [0.25, 0.3) is 0 Å². The number of carboxylic acids is 1. The minimum absolute atomic E-state index is 0.00240.